The summed E-state index contributed by atoms with van der Waals surface area (Å²) in [6.45, 7) is 18.9. The Hall–Kier alpha value is -3.22. The number of benzene rings is 1. The molecule has 16 heteroatoms. The number of ketones is 1. The van der Waals surface area contributed by atoms with E-state index in [1.165, 1.54) is 12.5 Å². The van der Waals surface area contributed by atoms with Crippen molar-refractivity contribution in [2.24, 2.45) is 29.6 Å². The van der Waals surface area contributed by atoms with Crippen LogP contribution in [-0.4, -0.2) is 153 Å². The van der Waals surface area contributed by atoms with Crippen molar-refractivity contribution in [3.8, 4) is 0 Å². The molecule has 1 unspecified atom stereocenters. The van der Waals surface area contributed by atoms with Crippen molar-refractivity contribution in [2.45, 2.75) is 179 Å². The normalized spacial score (nSPS) is 44.2. The molecule has 1 saturated carbocycles. The Balaban J connectivity index is 1.43. The van der Waals surface area contributed by atoms with Gasteiger partial charge in [0.2, 0.25) is 0 Å². The molecule has 19 atom stereocenters. The number of alkyl carbamates (subject to hydrolysis) is 1. The fourth-order valence-corrected chi connectivity index (χ4v) is 11.5. The molecule has 5 aliphatic rings. The van der Waals surface area contributed by atoms with Gasteiger partial charge in [0.25, 0.3) is 0 Å². The van der Waals surface area contributed by atoms with Gasteiger partial charge in [-0.05, 0) is 74.2 Å². The second-order valence-electron chi connectivity index (χ2n) is 20.1. The maximum Gasteiger partial charge on any atom is 0.408 e. The lowest BCUT2D eigenvalue weighted by Gasteiger charge is -2.51. The van der Waals surface area contributed by atoms with E-state index in [1.807, 2.05) is 73.8 Å². The summed E-state index contributed by atoms with van der Waals surface area (Å²) in [5, 5.41) is 2.88. The molecule has 4 saturated heterocycles. The van der Waals surface area contributed by atoms with Crippen molar-refractivity contribution in [3.63, 3.8) is 0 Å². The van der Waals surface area contributed by atoms with E-state index in [2.05, 4.69) is 34.3 Å². The van der Waals surface area contributed by atoms with E-state index in [9.17, 15) is 19.2 Å². The summed E-state index contributed by atoms with van der Waals surface area (Å²) in [6, 6.07) is 9.35. The number of likely N-dealkylation sites (N-methyl/N-ethyl adjacent to an activating group) is 2. The van der Waals surface area contributed by atoms with Crippen molar-refractivity contribution in [1.29, 1.82) is 0 Å². The largest absolute Gasteiger partial charge is 0.457 e. The Morgan fingerprint density at radius 3 is 2.11 bits per heavy atom. The lowest BCUT2D eigenvalue weighted by atomic mass is 9.75. The second kappa shape index (κ2) is 19.6. The molecule has 1 amide bonds. The molecule has 1 aromatic rings. The number of ether oxygens (including phenoxy) is 9. The number of Topliss-reactive ketones (excluding diaryl/α,β-unsaturated/α-hetero) is 1. The van der Waals surface area contributed by atoms with Crippen LogP contribution in [0.1, 0.15) is 94.1 Å². The van der Waals surface area contributed by atoms with Crippen molar-refractivity contribution in [1.82, 2.24) is 15.1 Å². The molecule has 1 spiro atoms. The SMILES string of the molecule is CO[C@]1(C)C[C@H](O[C@H]2[C@H](C)[C@@H](O[C@@H]3O[C@H](C)C[C@@H](N(C)Cc4ccccc4)[C@@H]3N(C)C)[C@@](C)(OC)C[C@@H](C)C(=O)[C@H](C)[C@H]3NC(=O)O[C@@]34C(C)[C@H]4OC(=O)[C@@H]2C)O[C@@H](C)[C@@H]1OC(C)=O. The number of hydrogen-bond donors (Lipinski definition) is 1. The van der Waals surface area contributed by atoms with Crippen molar-refractivity contribution in [2.75, 3.05) is 35.4 Å². The number of nitrogens with zero attached hydrogens (tertiary/aromatic N) is 2. The fourth-order valence-electron chi connectivity index (χ4n) is 11.5. The second-order valence-corrected chi connectivity index (χ2v) is 20.1. The van der Waals surface area contributed by atoms with Gasteiger partial charge in [-0.3, -0.25) is 19.3 Å². The van der Waals surface area contributed by atoms with Crippen LogP contribution in [0.4, 0.5) is 4.79 Å². The van der Waals surface area contributed by atoms with E-state index in [4.69, 9.17) is 42.6 Å². The van der Waals surface area contributed by atoms with Crippen LogP contribution >= 0.6 is 0 Å². The quantitative estimate of drug-likeness (QED) is 0.229. The molecule has 0 radical (unpaired) electrons. The first-order valence-corrected chi connectivity index (χ1v) is 23.0. The summed E-state index contributed by atoms with van der Waals surface area (Å²) in [5.74, 6) is -4.38. The van der Waals surface area contributed by atoms with Crippen LogP contribution in [0.3, 0.4) is 0 Å². The number of methoxy groups -OCH3 is 2. The number of carbonyl (C=O) groups is 4. The predicted octanol–water partition coefficient (Wildman–Crippen LogP) is 5.13. The van der Waals surface area contributed by atoms with Crippen LogP contribution in [0, 0.1) is 29.6 Å². The molecule has 64 heavy (non-hydrogen) atoms. The smallest absolute Gasteiger partial charge is 0.408 e. The van der Waals surface area contributed by atoms with Crippen LogP contribution in [0.5, 0.6) is 0 Å². The molecule has 16 nitrogen and oxygen atoms in total. The summed E-state index contributed by atoms with van der Waals surface area (Å²) >= 11 is 0. The maximum absolute atomic E-state index is 14.7. The van der Waals surface area contributed by atoms with Gasteiger partial charge in [0.05, 0.1) is 48.0 Å². The summed E-state index contributed by atoms with van der Waals surface area (Å²) in [4.78, 5) is 58.9. The highest BCUT2D eigenvalue weighted by molar-refractivity contribution is 5.86. The fraction of sp³-hybridized carbons (Fsp3) is 0.792. The number of nitrogens with one attached hydrogen (secondary N) is 1. The van der Waals surface area contributed by atoms with Gasteiger partial charge < -0.3 is 52.8 Å². The number of esters is 2. The van der Waals surface area contributed by atoms with E-state index >= 15 is 0 Å². The van der Waals surface area contributed by atoms with Gasteiger partial charge in [-0.2, -0.15) is 0 Å². The molecule has 1 N–H and O–H groups in total. The third-order valence-electron chi connectivity index (χ3n) is 15.2. The van der Waals surface area contributed by atoms with Crippen molar-refractivity contribution >= 4 is 23.8 Å². The van der Waals surface area contributed by atoms with E-state index in [1.54, 1.807) is 35.0 Å². The molecule has 1 aliphatic carbocycles. The van der Waals surface area contributed by atoms with Gasteiger partial charge in [0.15, 0.2) is 30.4 Å². The molecular formula is C48H75N3O13. The standard InChI is InChI=1S/C48H75N3O13/c1-25-22-46(9,56-14)40(63-44-36(50(11)12)34(21-26(2)58-44)51(13)24-33-19-17-16-18-20-33)28(4)38(61-35-23-47(10,57-15)42(31(7)59-35)60-32(8)52)29(5)43(54)62-41-30(6)48(41)39(27(3)37(25)53)49-45(55)64-48/h16-20,25-31,34-36,38-42,44H,21-24H2,1-15H3,(H,49,55)/t25-,26-,27+,28+,29-,30?,31+,34-,35+,36+,38+,39-,40-,41-,42+,44+,46+,47-,48+/m1/s1. The first-order valence-electron chi connectivity index (χ1n) is 23.0. The predicted molar refractivity (Wildman–Crippen MR) is 235 cm³/mol. The summed E-state index contributed by atoms with van der Waals surface area (Å²) in [7, 11) is 9.31. The van der Waals surface area contributed by atoms with E-state index in [-0.39, 0.29) is 42.7 Å². The van der Waals surface area contributed by atoms with Gasteiger partial charge in [-0.25, -0.2) is 4.79 Å². The van der Waals surface area contributed by atoms with Gasteiger partial charge >= 0.3 is 18.0 Å². The highest BCUT2D eigenvalue weighted by Gasteiger charge is 2.77. The summed E-state index contributed by atoms with van der Waals surface area (Å²) in [5.41, 5.74) is -2.22. The molecule has 1 aromatic carbocycles. The van der Waals surface area contributed by atoms with Gasteiger partial charge in [0.1, 0.15) is 11.4 Å². The maximum atomic E-state index is 14.7. The highest BCUT2D eigenvalue weighted by Crippen LogP contribution is 2.56. The first kappa shape index (κ1) is 50.2. The monoisotopic (exact) mass is 902 g/mol. The lowest BCUT2D eigenvalue weighted by molar-refractivity contribution is -0.315. The molecule has 6 rings (SSSR count). The zero-order chi connectivity index (χ0) is 47.2. The molecule has 0 aromatic heterocycles. The Morgan fingerprint density at radius 2 is 1.50 bits per heavy atom. The molecule has 5 fully saturated rings. The Kier molecular flexibility index (Phi) is 15.3. The number of hydrogen-bond acceptors (Lipinski definition) is 15. The molecule has 4 aliphatic heterocycles. The van der Waals surface area contributed by atoms with Crippen LogP contribution in [0.2, 0.25) is 0 Å². The van der Waals surface area contributed by atoms with Crippen LogP contribution in [0.25, 0.3) is 0 Å². The van der Waals surface area contributed by atoms with E-state index in [0.29, 0.717) is 6.54 Å². The van der Waals surface area contributed by atoms with Crippen molar-refractivity contribution in [3.05, 3.63) is 35.9 Å². The topological polar surface area (TPSA) is 170 Å². The minimum Gasteiger partial charge on any atom is -0.457 e. The summed E-state index contributed by atoms with van der Waals surface area (Å²) < 4.78 is 58.2. The zero-order valence-electron chi connectivity index (χ0n) is 40.7. The Labute approximate surface area is 379 Å². The Bertz CT molecular complexity index is 1820. The van der Waals surface area contributed by atoms with Crippen LogP contribution in [-0.2, 0) is 63.6 Å². The van der Waals surface area contributed by atoms with Gasteiger partial charge in [0, 0.05) is 63.8 Å². The van der Waals surface area contributed by atoms with Gasteiger partial charge in [-0.1, -0.05) is 58.0 Å². The molecule has 360 valence electrons. The average molecular weight is 902 g/mol. The first-order chi connectivity index (χ1) is 30.0. The molecular weight excluding hydrogens is 827 g/mol. The minimum atomic E-state index is -1.21. The molecule has 4 heterocycles. The zero-order valence-corrected chi connectivity index (χ0v) is 40.7. The third-order valence-corrected chi connectivity index (χ3v) is 15.2. The number of rotatable bonds is 11. The minimum absolute atomic E-state index is 0.00697. The third kappa shape index (κ3) is 9.76. The average Bonchev–Trinajstić information content (AvgIpc) is 3.59. The van der Waals surface area contributed by atoms with E-state index < -0.39 is 108 Å². The Morgan fingerprint density at radius 1 is 0.859 bits per heavy atom. The molecule has 0 bridgehead atoms. The number of amides is 1. The number of carbonyl (C=O) groups excluding carboxylic acids is 4. The van der Waals surface area contributed by atoms with Crippen LogP contribution < -0.4 is 5.32 Å². The lowest BCUT2D eigenvalue weighted by Crippen LogP contribution is -2.63. The summed E-state index contributed by atoms with van der Waals surface area (Å²) in [6.07, 6.45) is -5.46. The highest BCUT2D eigenvalue weighted by atomic mass is 16.7. The van der Waals surface area contributed by atoms with Crippen molar-refractivity contribution < 1.29 is 61.8 Å². The van der Waals surface area contributed by atoms with E-state index in [0.717, 1.165) is 6.42 Å². The van der Waals surface area contributed by atoms with Gasteiger partial charge in [-0.15, -0.1) is 0 Å². The van der Waals surface area contributed by atoms with Crippen LogP contribution in [0.15, 0.2) is 30.3 Å².